The van der Waals surface area contributed by atoms with Crippen molar-refractivity contribution in [3.63, 3.8) is 0 Å². The third-order valence-electron chi connectivity index (χ3n) is 3.21. The van der Waals surface area contributed by atoms with E-state index < -0.39 is 0 Å². The Morgan fingerprint density at radius 1 is 1.44 bits per heavy atom. The molecular formula is C14H18ClN. The summed E-state index contributed by atoms with van der Waals surface area (Å²) in [6.45, 7) is 0.735. The average Bonchev–Trinajstić information content (AvgIpc) is 2.28. The summed E-state index contributed by atoms with van der Waals surface area (Å²) in [4.78, 5) is 2.28. The minimum absolute atomic E-state index is 0. The predicted molar refractivity (Wildman–Crippen MR) is 70.8 cm³/mol. The molecule has 0 saturated heterocycles. The van der Waals surface area contributed by atoms with Crippen LogP contribution in [-0.4, -0.2) is 18.5 Å². The number of benzene rings is 1. The van der Waals surface area contributed by atoms with Crippen LogP contribution in [0, 0.1) is 12.3 Å². The van der Waals surface area contributed by atoms with Crippen LogP contribution in [0.5, 0.6) is 0 Å². The molecule has 0 fully saturated rings. The Kier molecular flexibility index (Phi) is 4.86. The minimum Gasteiger partial charge on any atom is -0.288 e. The second kappa shape index (κ2) is 5.94. The fourth-order valence-electron chi connectivity index (χ4n) is 2.44. The fraction of sp³-hybridized carbons (Fsp3) is 0.429. The second-order valence-corrected chi connectivity index (χ2v) is 4.23. The van der Waals surface area contributed by atoms with E-state index in [9.17, 15) is 0 Å². The van der Waals surface area contributed by atoms with Crippen molar-refractivity contribution >= 4 is 12.4 Å². The molecule has 16 heavy (non-hydrogen) atoms. The topological polar surface area (TPSA) is 3.24 Å². The highest BCUT2D eigenvalue weighted by atomic mass is 35.5. The molecule has 1 unspecified atom stereocenters. The third-order valence-corrected chi connectivity index (χ3v) is 3.21. The molecule has 0 heterocycles. The van der Waals surface area contributed by atoms with Crippen LogP contribution in [0.2, 0.25) is 0 Å². The van der Waals surface area contributed by atoms with E-state index in [4.69, 9.17) is 6.42 Å². The number of nitrogens with zero attached hydrogens (tertiary/aromatic N) is 1. The summed E-state index contributed by atoms with van der Waals surface area (Å²) in [5.74, 6) is 2.72. The zero-order chi connectivity index (χ0) is 10.7. The third kappa shape index (κ3) is 2.58. The highest BCUT2D eigenvalue weighted by Gasteiger charge is 2.22. The predicted octanol–water partition coefficient (Wildman–Crippen LogP) is 3.05. The first-order valence-electron chi connectivity index (χ1n) is 5.54. The van der Waals surface area contributed by atoms with Crippen molar-refractivity contribution in [1.29, 1.82) is 0 Å². The van der Waals surface area contributed by atoms with Gasteiger partial charge in [0, 0.05) is 6.04 Å². The normalized spacial score (nSPS) is 18.4. The van der Waals surface area contributed by atoms with Crippen molar-refractivity contribution in [2.75, 3.05) is 13.6 Å². The lowest BCUT2D eigenvalue weighted by atomic mass is 9.87. The fourth-order valence-corrected chi connectivity index (χ4v) is 2.44. The standard InChI is InChI=1S/C14H17N.ClH/c1-3-11-15(2)14-10-6-8-12-7-4-5-9-13(12)14;/h1,4-5,7,9,14H,6,8,10-11H2,2H3;1H. The smallest absolute Gasteiger partial charge is 0.0601 e. The number of aryl methyl sites for hydroxylation is 1. The van der Waals surface area contributed by atoms with Crippen LogP contribution < -0.4 is 0 Å². The molecule has 1 aliphatic carbocycles. The molecule has 0 radical (unpaired) electrons. The first-order valence-corrected chi connectivity index (χ1v) is 5.54. The minimum atomic E-state index is 0. The van der Waals surface area contributed by atoms with Crippen LogP contribution >= 0.6 is 12.4 Å². The summed E-state index contributed by atoms with van der Waals surface area (Å²) in [6.07, 6.45) is 9.09. The summed E-state index contributed by atoms with van der Waals surface area (Å²) in [6, 6.07) is 9.26. The summed E-state index contributed by atoms with van der Waals surface area (Å²) < 4.78 is 0. The molecule has 1 atom stereocenters. The molecule has 0 aromatic heterocycles. The Bertz CT molecular complexity index is 381. The van der Waals surface area contributed by atoms with E-state index in [1.54, 1.807) is 0 Å². The zero-order valence-corrected chi connectivity index (χ0v) is 10.5. The van der Waals surface area contributed by atoms with Gasteiger partial charge in [0.15, 0.2) is 0 Å². The van der Waals surface area contributed by atoms with Crippen molar-refractivity contribution in [3.8, 4) is 12.3 Å². The van der Waals surface area contributed by atoms with Gasteiger partial charge in [-0.05, 0) is 37.4 Å². The van der Waals surface area contributed by atoms with Gasteiger partial charge in [0.1, 0.15) is 0 Å². The van der Waals surface area contributed by atoms with Crippen molar-refractivity contribution in [2.24, 2.45) is 0 Å². The van der Waals surface area contributed by atoms with Crippen LogP contribution in [0.15, 0.2) is 24.3 Å². The van der Waals surface area contributed by atoms with Gasteiger partial charge in [-0.25, -0.2) is 0 Å². The van der Waals surface area contributed by atoms with Crippen LogP contribution in [0.1, 0.15) is 30.0 Å². The molecule has 0 amide bonds. The van der Waals surface area contributed by atoms with E-state index in [0.717, 1.165) is 6.54 Å². The van der Waals surface area contributed by atoms with E-state index in [0.29, 0.717) is 6.04 Å². The van der Waals surface area contributed by atoms with Gasteiger partial charge in [-0.3, -0.25) is 4.90 Å². The monoisotopic (exact) mass is 235 g/mol. The molecule has 2 heteroatoms. The molecule has 0 bridgehead atoms. The van der Waals surface area contributed by atoms with Crippen molar-refractivity contribution in [3.05, 3.63) is 35.4 Å². The van der Waals surface area contributed by atoms with Crippen LogP contribution in [0.25, 0.3) is 0 Å². The largest absolute Gasteiger partial charge is 0.288 e. The van der Waals surface area contributed by atoms with E-state index >= 15 is 0 Å². The van der Waals surface area contributed by atoms with Gasteiger partial charge >= 0.3 is 0 Å². The molecule has 0 saturated carbocycles. The second-order valence-electron chi connectivity index (χ2n) is 4.23. The number of rotatable bonds is 2. The lowest BCUT2D eigenvalue weighted by Crippen LogP contribution is -2.28. The number of fused-ring (bicyclic) bond motifs is 1. The summed E-state index contributed by atoms with van der Waals surface area (Å²) in [5.41, 5.74) is 2.97. The maximum Gasteiger partial charge on any atom is 0.0601 e. The highest BCUT2D eigenvalue weighted by molar-refractivity contribution is 5.85. The lowest BCUT2D eigenvalue weighted by Gasteiger charge is -2.32. The molecule has 2 rings (SSSR count). The highest BCUT2D eigenvalue weighted by Crippen LogP contribution is 2.32. The van der Waals surface area contributed by atoms with Gasteiger partial charge < -0.3 is 0 Å². The van der Waals surface area contributed by atoms with Gasteiger partial charge in [-0.15, -0.1) is 18.8 Å². The maximum atomic E-state index is 5.36. The number of hydrogen-bond acceptors (Lipinski definition) is 1. The van der Waals surface area contributed by atoms with Gasteiger partial charge in [0.25, 0.3) is 0 Å². The van der Waals surface area contributed by atoms with Crippen LogP contribution in [-0.2, 0) is 6.42 Å². The maximum absolute atomic E-state index is 5.36. The molecule has 1 aromatic carbocycles. The molecule has 0 N–H and O–H groups in total. The first kappa shape index (κ1) is 13.1. The van der Waals surface area contributed by atoms with E-state index in [1.165, 1.54) is 30.4 Å². The lowest BCUT2D eigenvalue weighted by molar-refractivity contribution is 0.247. The van der Waals surface area contributed by atoms with Crippen molar-refractivity contribution in [2.45, 2.75) is 25.3 Å². The quantitative estimate of drug-likeness (QED) is 0.713. The van der Waals surface area contributed by atoms with E-state index in [2.05, 4.69) is 42.1 Å². The molecule has 0 spiro atoms. The Balaban J connectivity index is 0.00000128. The SMILES string of the molecule is C#CCN(C)C1CCCc2ccccc21.Cl. The van der Waals surface area contributed by atoms with Crippen molar-refractivity contribution < 1.29 is 0 Å². The summed E-state index contributed by atoms with van der Waals surface area (Å²) in [7, 11) is 2.12. The summed E-state index contributed by atoms with van der Waals surface area (Å²) >= 11 is 0. The molecule has 0 aliphatic heterocycles. The molecular weight excluding hydrogens is 218 g/mol. The summed E-state index contributed by atoms with van der Waals surface area (Å²) in [5, 5.41) is 0. The number of terminal acetylenes is 1. The van der Waals surface area contributed by atoms with Crippen molar-refractivity contribution in [1.82, 2.24) is 4.90 Å². The molecule has 1 nitrogen and oxygen atoms in total. The van der Waals surface area contributed by atoms with E-state index in [1.807, 2.05) is 0 Å². The zero-order valence-electron chi connectivity index (χ0n) is 9.65. The Hall–Kier alpha value is -0.970. The van der Waals surface area contributed by atoms with Gasteiger partial charge in [0.05, 0.1) is 6.54 Å². The number of hydrogen-bond donors (Lipinski definition) is 0. The molecule has 1 aromatic rings. The molecule has 1 aliphatic rings. The first-order chi connectivity index (χ1) is 7.33. The van der Waals surface area contributed by atoms with E-state index in [-0.39, 0.29) is 12.4 Å². The van der Waals surface area contributed by atoms with Gasteiger partial charge in [0.2, 0.25) is 0 Å². The van der Waals surface area contributed by atoms with Crippen LogP contribution in [0.4, 0.5) is 0 Å². The number of halogens is 1. The van der Waals surface area contributed by atoms with Crippen LogP contribution in [0.3, 0.4) is 0 Å². The molecule has 86 valence electrons. The van der Waals surface area contributed by atoms with Gasteiger partial charge in [-0.1, -0.05) is 30.2 Å². The Morgan fingerprint density at radius 2 is 2.19 bits per heavy atom. The Labute approximate surface area is 104 Å². The Morgan fingerprint density at radius 3 is 2.94 bits per heavy atom. The van der Waals surface area contributed by atoms with Gasteiger partial charge in [-0.2, -0.15) is 0 Å². The average molecular weight is 236 g/mol.